The van der Waals surface area contributed by atoms with Crippen LogP contribution >= 0.6 is 0 Å². The number of hydrogen-bond acceptors (Lipinski definition) is 5. The van der Waals surface area contributed by atoms with Gasteiger partial charge in [0, 0.05) is 11.8 Å². The summed E-state index contributed by atoms with van der Waals surface area (Å²) < 4.78 is 0. The van der Waals surface area contributed by atoms with Gasteiger partial charge in [0.2, 0.25) is 0 Å². The molecule has 2 rings (SSSR count). The molecule has 0 bridgehead atoms. The molecule has 0 saturated heterocycles. The highest BCUT2D eigenvalue weighted by atomic mass is 16.3. The van der Waals surface area contributed by atoms with Crippen LogP contribution in [0, 0.1) is 11.8 Å². The Labute approximate surface area is 106 Å². The summed E-state index contributed by atoms with van der Waals surface area (Å²) in [4.78, 5) is 12.2. The lowest BCUT2D eigenvalue weighted by Gasteiger charge is -2.32. The maximum absolute atomic E-state index is 12.2. The summed E-state index contributed by atoms with van der Waals surface area (Å²) in [6.07, 6.45) is 1.23. The fraction of sp³-hybridized carbons (Fsp3) is 0.769. The van der Waals surface area contributed by atoms with Crippen LogP contribution < -0.4 is 0 Å². The highest BCUT2D eigenvalue weighted by Crippen LogP contribution is 2.30. The Bertz CT molecular complexity index is 340. The molecule has 0 aromatic carbocycles. The predicted octanol–water partition coefficient (Wildman–Crippen LogP) is -0.625. The summed E-state index contributed by atoms with van der Waals surface area (Å²) in [7, 11) is 0. The van der Waals surface area contributed by atoms with E-state index < -0.39 is 30.3 Å². The summed E-state index contributed by atoms with van der Waals surface area (Å²) in [5.41, 5.74) is 0. The summed E-state index contributed by atoms with van der Waals surface area (Å²) >= 11 is 0. The molecule has 0 spiro atoms. The van der Waals surface area contributed by atoms with Gasteiger partial charge >= 0.3 is 0 Å². The number of aliphatic hydroxyl groups excluding tert-OH is 4. The zero-order valence-electron chi connectivity index (χ0n) is 10.1. The highest BCUT2D eigenvalue weighted by Gasteiger charge is 2.36. The fourth-order valence-corrected chi connectivity index (χ4v) is 2.76. The first-order valence-electron chi connectivity index (χ1n) is 6.43. The van der Waals surface area contributed by atoms with Crippen molar-refractivity contribution in [3.8, 4) is 0 Å². The van der Waals surface area contributed by atoms with Crippen molar-refractivity contribution in [3.05, 3.63) is 12.2 Å². The SMILES string of the molecule is O=C(C1C=CC(O)C(O)C1)C1CCC(O)C(O)C1. The van der Waals surface area contributed by atoms with Crippen LogP contribution in [-0.4, -0.2) is 50.6 Å². The lowest BCUT2D eigenvalue weighted by atomic mass is 9.76. The number of carbonyl (C=O) groups excluding carboxylic acids is 1. The summed E-state index contributed by atoms with van der Waals surface area (Å²) in [6, 6.07) is 0. The van der Waals surface area contributed by atoms with Crippen LogP contribution in [0.25, 0.3) is 0 Å². The molecule has 0 radical (unpaired) electrons. The van der Waals surface area contributed by atoms with Crippen molar-refractivity contribution >= 4 is 5.78 Å². The molecular formula is C13H20O5. The van der Waals surface area contributed by atoms with E-state index in [1.807, 2.05) is 0 Å². The minimum atomic E-state index is -0.900. The summed E-state index contributed by atoms with van der Waals surface area (Å²) in [5, 5.41) is 37.9. The average molecular weight is 256 g/mol. The van der Waals surface area contributed by atoms with Crippen LogP contribution in [0.1, 0.15) is 25.7 Å². The van der Waals surface area contributed by atoms with Gasteiger partial charge in [0.1, 0.15) is 5.78 Å². The highest BCUT2D eigenvalue weighted by molar-refractivity contribution is 5.85. The minimum Gasteiger partial charge on any atom is -0.390 e. The Hall–Kier alpha value is -0.750. The molecule has 0 heterocycles. The van der Waals surface area contributed by atoms with Gasteiger partial charge in [-0.05, 0) is 25.7 Å². The fourth-order valence-electron chi connectivity index (χ4n) is 2.76. The third-order valence-corrected chi connectivity index (χ3v) is 3.98. The molecule has 4 N–H and O–H groups in total. The zero-order chi connectivity index (χ0) is 13.3. The number of rotatable bonds is 2. The van der Waals surface area contributed by atoms with Crippen molar-refractivity contribution in [3.63, 3.8) is 0 Å². The normalized spacial score (nSPS) is 44.9. The zero-order valence-corrected chi connectivity index (χ0v) is 10.1. The molecule has 5 nitrogen and oxygen atoms in total. The molecule has 5 heteroatoms. The molecule has 1 saturated carbocycles. The molecule has 102 valence electrons. The Morgan fingerprint density at radius 2 is 1.61 bits per heavy atom. The molecule has 0 aromatic heterocycles. The molecule has 2 aliphatic rings. The van der Waals surface area contributed by atoms with Crippen molar-refractivity contribution in [2.75, 3.05) is 0 Å². The number of ketones is 1. The van der Waals surface area contributed by atoms with Gasteiger partial charge < -0.3 is 20.4 Å². The Morgan fingerprint density at radius 3 is 2.22 bits per heavy atom. The van der Waals surface area contributed by atoms with E-state index in [9.17, 15) is 25.2 Å². The molecule has 0 aromatic rings. The van der Waals surface area contributed by atoms with Gasteiger partial charge in [-0.15, -0.1) is 0 Å². The van der Waals surface area contributed by atoms with E-state index in [1.54, 1.807) is 6.08 Å². The third kappa shape index (κ3) is 2.80. The van der Waals surface area contributed by atoms with Crippen LogP contribution in [0.4, 0.5) is 0 Å². The van der Waals surface area contributed by atoms with Gasteiger partial charge in [0.25, 0.3) is 0 Å². The minimum absolute atomic E-state index is 0.0110. The first-order chi connectivity index (χ1) is 8.49. The summed E-state index contributed by atoms with van der Waals surface area (Å²) in [6.45, 7) is 0. The van der Waals surface area contributed by atoms with Crippen LogP contribution in [0.15, 0.2) is 12.2 Å². The van der Waals surface area contributed by atoms with Crippen molar-refractivity contribution < 1.29 is 25.2 Å². The first kappa shape index (κ1) is 13.7. The van der Waals surface area contributed by atoms with Gasteiger partial charge in [0.05, 0.1) is 24.4 Å². The van der Waals surface area contributed by atoms with Crippen LogP contribution in [-0.2, 0) is 4.79 Å². The van der Waals surface area contributed by atoms with Crippen molar-refractivity contribution in [2.24, 2.45) is 11.8 Å². The Balaban J connectivity index is 1.98. The van der Waals surface area contributed by atoms with Gasteiger partial charge in [0.15, 0.2) is 0 Å². The largest absolute Gasteiger partial charge is 0.390 e. The maximum Gasteiger partial charge on any atom is 0.142 e. The second-order valence-corrected chi connectivity index (χ2v) is 5.33. The number of carbonyl (C=O) groups is 1. The molecule has 6 unspecified atom stereocenters. The van der Waals surface area contributed by atoms with Gasteiger partial charge in [-0.2, -0.15) is 0 Å². The Morgan fingerprint density at radius 1 is 0.889 bits per heavy atom. The number of allylic oxidation sites excluding steroid dienone is 1. The molecule has 0 amide bonds. The number of hydrogen-bond donors (Lipinski definition) is 4. The van der Waals surface area contributed by atoms with Crippen molar-refractivity contribution in [2.45, 2.75) is 50.1 Å². The molecule has 6 atom stereocenters. The summed E-state index contributed by atoms with van der Waals surface area (Å²) in [5.74, 6) is -0.667. The van der Waals surface area contributed by atoms with E-state index in [2.05, 4.69) is 0 Å². The van der Waals surface area contributed by atoms with E-state index in [4.69, 9.17) is 0 Å². The molecule has 18 heavy (non-hydrogen) atoms. The van der Waals surface area contributed by atoms with Crippen LogP contribution in [0.2, 0.25) is 0 Å². The van der Waals surface area contributed by atoms with E-state index in [0.29, 0.717) is 12.8 Å². The maximum atomic E-state index is 12.2. The molecule has 0 aliphatic heterocycles. The first-order valence-corrected chi connectivity index (χ1v) is 6.43. The number of aliphatic hydroxyl groups is 4. The van der Waals surface area contributed by atoms with E-state index in [0.717, 1.165) is 0 Å². The molecular weight excluding hydrogens is 236 g/mol. The lowest BCUT2D eigenvalue weighted by Crippen LogP contribution is -2.40. The van der Waals surface area contributed by atoms with Gasteiger partial charge in [-0.3, -0.25) is 4.79 Å². The van der Waals surface area contributed by atoms with Gasteiger partial charge in [-0.25, -0.2) is 0 Å². The van der Waals surface area contributed by atoms with Crippen LogP contribution in [0.3, 0.4) is 0 Å². The van der Waals surface area contributed by atoms with E-state index in [1.165, 1.54) is 6.08 Å². The van der Waals surface area contributed by atoms with E-state index in [-0.39, 0.29) is 24.5 Å². The monoisotopic (exact) mass is 256 g/mol. The predicted molar refractivity (Wildman–Crippen MR) is 63.6 cm³/mol. The second kappa shape index (κ2) is 5.48. The topological polar surface area (TPSA) is 98.0 Å². The van der Waals surface area contributed by atoms with Crippen LogP contribution in [0.5, 0.6) is 0 Å². The Kier molecular flexibility index (Phi) is 4.17. The lowest BCUT2D eigenvalue weighted by molar-refractivity contribution is -0.131. The van der Waals surface area contributed by atoms with Crippen molar-refractivity contribution in [1.29, 1.82) is 0 Å². The average Bonchev–Trinajstić information content (AvgIpc) is 2.35. The second-order valence-electron chi connectivity index (χ2n) is 5.33. The standard InChI is InChI=1S/C13H20O5/c14-9-3-1-7(5-11(9)16)13(18)8-2-4-10(15)12(17)6-8/h1,3,7-12,14-17H,2,4-6H2. The third-order valence-electron chi connectivity index (χ3n) is 3.98. The van der Waals surface area contributed by atoms with Gasteiger partial charge in [-0.1, -0.05) is 12.2 Å². The smallest absolute Gasteiger partial charge is 0.142 e. The van der Waals surface area contributed by atoms with Crippen molar-refractivity contribution in [1.82, 2.24) is 0 Å². The quantitative estimate of drug-likeness (QED) is 0.493. The molecule has 1 fully saturated rings. The van der Waals surface area contributed by atoms with E-state index >= 15 is 0 Å². The number of Topliss-reactive ketones (excluding diaryl/α,β-unsaturated/α-hetero) is 1. The molecule has 2 aliphatic carbocycles.